The summed E-state index contributed by atoms with van der Waals surface area (Å²) in [6.45, 7) is 6.04. The van der Waals surface area contributed by atoms with Crippen LogP contribution in [0, 0.1) is 0 Å². The number of rotatable bonds is 9. The van der Waals surface area contributed by atoms with E-state index in [4.69, 9.17) is 0 Å². The minimum atomic E-state index is -0.404. The van der Waals surface area contributed by atoms with Gasteiger partial charge in [-0.3, -0.25) is 39.2 Å². The van der Waals surface area contributed by atoms with Crippen molar-refractivity contribution in [1.29, 1.82) is 0 Å². The number of nitrogens with zero attached hydrogens (tertiary/aromatic N) is 8. The maximum atomic E-state index is 13.1. The van der Waals surface area contributed by atoms with Crippen LogP contribution in [-0.4, -0.2) is 92.2 Å². The first-order chi connectivity index (χ1) is 25.7. The lowest BCUT2D eigenvalue weighted by Gasteiger charge is -2.38. The second-order valence-corrected chi connectivity index (χ2v) is 14.1. The van der Waals surface area contributed by atoms with Gasteiger partial charge in [0.15, 0.2) is 0 Å². The van der Waals surface area contributed by atoms with Gasteiger partial charge in [0, 0.05) is 68.7 Å². The molecule has 1 atom stereocenters. The highest BCUT2D eigenvalue weighted by atomic mass is 16.2. The van der Waals surface area contributed by atoms with Crippen molar-refractivity contribution in [3.63, 3.8) is 0 Å². The zero-order chi connectivity index (χ0) is 36.6. The molecule has 0 unspecified atom stereocenters. The highest BCUT2D eigenvalue weighted by Gasteiger charge is 2.27. The zero-order valence-electron chi connectivity index (χ0n) is 29.7. The van der Waals surface area contributed by atoms with E-state index in [1.54, 1.807) is 34.2 Å². The number of benzene rings is 1. The minimum absolute atomic E-state index is 0.0337. The van der Waals surface area contributed by atoms with Crippen LogP contribution < -0.4 is 25.8 Å². The molecule has 8 rings (SSSR count). The number of carbonyl (C=O) groups excluding carboxylic acids is 4. The number of nitrogens with one attached hydrogen (secondary N) is 3. The van der Waals surface area contributed by atoms with Crippen LogP contribution in [0.15, 0.2) is 73.3 Å². The van der Waals surface area contributed by atoms with E-state index >= 15 is 0 Å². The Kier molecular flexibility index (Phi) is 9.08. The summed E-state index contributed by atoms with van der Waals surface area (Å²) in [5.41, 5.74) is 6.01. The molecule has 1 aromatic carbocycles. The standard InChI is InChI=1S/C38H41N11O4/c1-24-17-40-37(52)33-16-27-5-8-32(43-35(27)49(24)33)36(51)42-28-19-41-47(23-28)22-25-3-6-30(7-4-25)46-12-9-29(10-13-46)45(2)21-26-15-31(20-39-18-26)48-14-11-34(50)44-38(48)53/h3-8,15-16,18-20,23-24,29H,9-14,17,21-22H2,1-2H3,(H,40,52)(H,42,51)(H,44,50,53)/t24-/m1/s1. The van der Waals surface area contributed by atoms with Crippen LogP contribution in [0.2, 0.25) is 0 Å². The van der Waals surface area contributed by atoms with Crippen LogP contribution in [0.25, 0.3) is 11.0 Å². The Bertz CT molecular complexity index is 2200. The number of urea groups is 1. The highest BCUT2D eigenvalue weighted by molar-refractivity contribution is 6.06. The predicted octanol–water partition coefficient (Wildman–Crippen LogP) is 3.78. The molecule has 15 heteroatoms. The van der Waals surface area contributed by atoms with Gasteiger partial charge in [-0.25, -0.2) is 9.78 Å². The number of hydrogen-bond donors (Lipinski definition) is 3. The molecule has 0 bridgehead atoms. The highest BCUT2D eigenvalue weighted by Crippen LogP contribution is 2.27. The van der Waals surface area contributed by atoms with E-state index in [1.165, 1.54) is 5.69 Å². The summed E-state index contributed by atoms with van der Waals surface area (Å²) in [4.78, 5) is 64.6. The van der Waals surface area contributed by atoms with Crippen molar-refractivity contribution < 1.29 is 19.2 Å². The fourth-order valence-corrected chi connectivity index (χ4v) is 7.47. The van der Waals surface area contributed by atoms with E-state index in [0.29, 0.717) is 48.4 Å². The first-order valence-electron chi connectivity index (χ1n) is 17.9. The van der Waals surface area contributed by atoms with Gasteiger partial charge in [-0.1, -0.05) is 12.1 Å². The van der Waals surface area contributed by atoms with E-state index in [-0.39, 0.29) is 35.9 Å². The molecule has 15 nitrogen and oxygen atoms in total. The van der Waals surface area contributed by atoms with E-state index in [2.05, 4.69) is 72.1 Å². The van der Waals surface area contributed by atoms with Gasteiger partial charge in [-0.15, -0.1) is 0 Å². The van der Waals surface area contributed by atoms with Crippen LogP contribution in [0.4, 0.5) is 21.9 Å². The van der Waals surface area contributed by atoms with Gasteiger partial charge in [0.1, 0.15) is 17.0 Å². The number of pyridine rings is 2. The number of imide groups is 1. The van der Waals surface area contributed by atoms with E-state index in [9.17, 15) is 19.2 Å². The number of hydrogen-bond acceptors (Lipinski definition) is 9. The molecule has 2 fully saturated rings. The van der Waals surface area contributed by atoms with Crippen LogP contribution in [-0.2, 0) is 17.9 Å². The molecule has 0 aliphatic carbocycles. The monoisotopic (exact) mass is 715 g/mol. The summed E-state index contributed by atoms with van der Waals surface area (Å²) in [5, 5.41) is 13.4. The summed E-state index contributed by atoms with van der Waals surface area (Å²) >= 11 is 0. The number of piperidine rings is 1. The third-order valence-electron chi connectivity index (χ3n) is 10.4. The molecule has 272 valence electrons. The number of aromatic nitrogens is 5. The van der Waals surface area contributed by atoms with Gasteiger partial charge in [-0.2, -0.15) is 5.10 Å². The summed E-state index contributed by atoms with van der Waals surface area (Å²) in [7, 11) is 2.13. The smallest absolute Gasteiger partial charge is 0.328 e. The predicted molar refractivity (Wildman–Crippen MR) is 199 cm³/mol. The Morgan fingerprint density at radius 2 is 1.77 bits per heavy atom. The summed E-state index contributed by atoms with van der Waals surface area (Å²) in [6, 6.07) is 15.9. The molecule has 0 radical (unpaired) electrons. The summed E-state index contributed by atoms with van der Waals surface area (Å²) in [6.07, 6.45) is 9.26. The summed E-state index contributed by atoms with van der Waals surface area (Å²) in [5.74, 6) is -0.733. The number of amides is 5. The lowest BCUT2D eigenvalue weighted by atomic mass is 10.0. The molecule has 2 saturated heterocycles. The molecule has 3 N–H and O–H groups in total. The van der Waals surface area contributed by atoms with Crippen LogP contribution in [0.5, 0.6) is 0 Å². The van der Waals surface area contributed by atoms with Crippen molar-refractivity contribution in [1.82, 2.24) is 39.8 Å². The molecule has 5 amide bonds. The zero-order valence-corrected chi connectivity index (χ0v) is 29.7. The molecular weight excluding hydrogens is 674 g/mol. The number of anilines is 3. The van der Waals surface area contributed by atoms with Gasteiger partial charge >= 0.3 is 6.03 Å². The van der Waals surface area contributed by atoms with Crippen molar-refractivity contribution in [3.8, 4) is 0 Å². The maximum Gasteiger partial charge on any atom is 0.328 e. The second-order valence-electron chi connectivity index (χ2n) is 14.1. The van der Waals surface area contributed by atoms with E-state index < -0.39 is 6.03 Å². The van der Waals surface area contributed by atoms with Crippen molar-refractivity contribution in [2.45, 2.75) is 51.4 Å². The van der Waals surface area contributed by atoms with Gasteiger partial charge in [-0.05, 0) is 74.3 Å². The fourth-order valence-electron chi connectivity index (χ4n) is 7.47. The molecule has 3 aliphatic heterocycles. The average Bonchev–Trinajstić information content (AvgIpc) is 3.78. The fraction of sp³-hybridized carbons (Fsp3) is 0.342. The maximum absolute atomic E-state index is 13.1. The van der Waals surface area contributed by atoms with E-state index in [0.717, 1.165) is 49.0 Å². The van der Waals surface area contributed by atoms with Gasteiger partial charge in [0.25, 0.3) is 11.8 Å². The Labute approximate surface area is 306 Å². The SMILES string of the molecule is C[C@@H]1CNC(=O)c2cc3ccc(C(=O)Nc4cnn(Cc5ccc(N6CCC(N(C)Cc7cncc(N8CCC(=O)NC8=O)c7)CC6)cc5)c4)nc3n21. The normalized spacial score (nSPS) is 17.9. The van der Waals surface area contributed by atoms with Gasteiger partial charge in [0.2, 0.25) is 5.91 Å². The third-order valence-corrected chi connectivity index (χ3v) is 10.4. The number of fused-ring (bicyclic) bond motifs is 3. The Balaban J connectivity index is 0.827. The molecule has 4 aromatic heterocycles. The largest absolute Gasteiger partial charge is 0.371 e. The van der Waals surface area contributed by atoms with Crippen molar-refractivity contribution in [3.05, 3.63) is 95.8 Å². The summed E-state index contributed by atoms with van der Waals surface area (Å²) < 4.78 is 3.68. The third kappa shape index (κ3) is 7.07. The first-order valence-corrected chi connectivity index (χ1v) is 17.9. The topological polar surface area (TPSA) is 163 Å². The lowest BCUT2D eigenvalue weighted by Crippen LogP contribution is -2.49. The molecule has 5 aromatic rings. The quantitative estimate of drug-likeness (QED) is 0.206. The van der Waals surface area contributed by atoms with Gasteiger partial charge in [0.05, 0.1) is 36.4 Å². The van der Waals surface area contributed by atoms with Crippen molar-refractivity contribution in [2.75, 3.05) is 48.3 Å². The lowest BCUT2D eigenvalue weighted by molar-refractivity contribution is -0.120. The van der Waals surface area contributed by atoms with Crippen molar-refractivity contribution >= 4 is 51.8 Å². The average molecular weight is 716 g/mol. The van der Waals surface area contributed by atoms with Crippen LogP contribution >= 0.6 is 0 Å². The van der Waals surface area contributed by atoms with Crippen LogP contribution in [0.3, 0.4) is 0 Å². The molecule has 7 heterocycles. The van der Waals surface area contributed by atoms with Crippen molar-refractivity contribution in [2.24, 2.45) is 0 Å². The molecule has 0 spiro atoms. The molecule has 0 saturated carbocycles. The molecular formula is C38H41N11O4. The molecule has 3 aliphatic rings. The second kappa shape index (κ2) is 14.1. The Morgan fingerprint density at radius 1 is 0.962 bits per heavy atom. The van der Waals surface area contributed by atoms with Gasteiger partial charge < -0.3 is 20.1 Å². The first kappa shape index (κ1) is 34.0. The Hall–Kier alpha value is -6.09. The number of carbonyl (C=O) groups is 4. The minimum Gasteiger partial charge on any atom is -0.371 e. The van der Waals surface area contributed by atoms with Crippen LogP contribution in [0.1, 0.15) is 64.3 Å². The van der Waals surface area contributed by atoms with E-state index in [1.807, 2.05) is 35.9 Å². The molecule has 53 heavy (non-hydrogen) atoms. The Morgan fingerprint density at radius 3 is 2.57 bits per heavy atom.